The molecule has 1 fully saturated rings. The second kappa shape index (κ2) is 9.85. The fraction of sp³-hybridized carbons (Fsp3) is 0.318. The van der Waals surface area contributed by atoms with Crippen LogP contribution in [-0.2, 0) is 21.2 Å². The van der Waals surface area contributed by atoms with E-state index in [0.29, 0.717) is 36.3 Å². The summed E-state index contributed by atoms with van der Waals surface area (Å²) in [7, 11) is -3.47. The molecule has 1 aliphatic rings. The summed E-state index contributed by atoms with van der Waals surface area (Å²) in [4.78, 5) is 12.8. The van der Waals surface area contributed by atoms with Gasteiger partial charge in [0.15, 0.2) is 0 Å². The highest BCUT2D eigenvalue weighted by Gasteiger charge is 2.27. The number of amides is 1. The quantitative estimate of drug-likeness (QED) is 0.500. The van der Waals surface area contributed by atoms with Gasteiger partial charge >= 0.3 is 0 Å². The van der Waals surface area contributed by atoms with Crippen LogP contribution in [-0.4, -0.2) is 47.2 Å². The smallest absolute Gasteiger partial charge is 0.277 e. The predicted octanol–water partition coefficient (Wildman–Crippen LogP) is 3.56. The molecule has 2 aromatic carbocycles. The summed E-state index contributed by atoms with van der Waals surface area (Å²) < 4.78 is 32.4. The van der Waals surface area contributed by atoms with Crippen LogP contribution in [0.5, 0.6) is 0 Å². The van der Waals surface area contributed by atoms with E-state index in [0.717, 1.165) is 18.4 Å². The van der Waals surface area contributed by atoms with Crippen LogP contribution in [0.4, 0.5) is 5.69 Å². The number of nitrogens with zero attached hydrogens (tertiary/aromatic N) is 3. The topological polar surface area (TPSA) is 105 Å². The first-order valence-corrected chi connectivity index (χ1v) is 12.7. The van der Waals surface area contributed by atoms with Gasteiger partial charge in [-0.3, -0.25) is 4.79 Å². The van der Waals surface area contributed by atoms with Gasteiger partial charge in [-0.1, -0.05) is 42.1 Å². The van der Waals surface area contributed by atoms with Crippen molar-refractivity contribution in [2.24, 2.45) is 0 Å². The summed E-state index contributed by atoms with van der Waals surface area (Å²) in [5.74, 6) is 0.245. The van der Waals surface area contributed by atoms with E-state index in [2.05, 4.69) is 15.5 Å². The lowest BCUT2D eigenvalue weighted by atomic mass is 10.2. The van der Waals surface area contributed by atoms with E-state index < -0.39 is 15.3 Å². The van der Waals surface area contributed by atoms with Gasteiger partial charge < -0.3 is 9.73 Å². The summed E-state index contributed by atoms with van der Waals surface area (Å²) in [5.41, 5.74) is 1.59. The van der Waals surface area contributed by atoms with Gasteiger partial charge in [-0.15, -0.1) is 10.2 Å². The molecule has 1 saturated heterocycles. The Morgan fingerprint density at radius 3 is 2.47 bits per heavy atom. The number of anilines is 1. The average Bonchev–Trinajstić information content (AvgIpc) is 3.48. The molecule has 1 atom stereocenters. The maximum Gasteiger partial charge on any atom is 0.277 e. The van der Waals surface area contributed by atoms with Gasteiger partial charge in [0.05, 0.1) is 16.6 Å². The molecule has 10 heteroatoms. The number of benzene rings is 2. The van der Waals surface area contributed by atoms with Crippen molar-refractivity contribution in [3.05, 3.63) is 66.1 Å². The molecule has 3 aromatic rings. The largest absolute Gasteiger partial charge is 0.416 e. The van der Waals surface area contributed by atoms with Crippen molar-refractivity contribution in [2.45, 2.75) is 41.6 Å². The monoisotopic (exact) mass is 472 g/mol. The van der Waals surface area contributed by atoms with Crippen molar-refractivity contribution in [3.63, 3.8) is 0 Å². The van der Waals surface area contributed by atoms with Gasteiger partial charge in [0.2, 0.25) is 21.8 Å². The Labute approximate surface area is 191 Å². The third-order valence-corrected chi connectivity index (χ3v) is 7.97. The van der Waals surface area contributed by atoms with Crippen LogP contribution in [0.1, 0.15) is 31.2 Å². The molecule has 0 saturated carbocycles. The standard InChI is InChI=1S/C22H24N4O4S2/c1-16(31-22-25-24-20(30-22)15-17-7-3-2-4-8-17)21(27)23-18-9-11-19(12-10-18)32(28,29)26-13-5-6-14-26/h2-4,7-12,16H,5-6,13-15H2,1H3,(H,23,27)/t16-/m1/s1. The van der Waals surface area contributed by atoms with E-state index in [1.807, 2.05) is 30.3 Å². The average molecular weight is 473 g/mol. The fourth-order valence-electron chi connectivity index (χ4n) is 3.36. The maximum absolute atomic E-state index is 12.6. The Kier molecular flexibility index (Phi) is 6.92. The highest BCUT2D eigenvalue weighted by atomic mass is 32.2. The van der Waals surface area contributed by atoms with Crippen molar-refractivity contribution in [1.29, 1.82) is 0 Å². The van der Waals surface area contributed by atoms with Crippen molar-refractivity contribution in [1.82, 2.24) is 14.5 Å². The number of thioether (sulfide) groups is 1. The molecule has 0 unspecified atom stereocenters. The lowest BCUT2D eigenvalue weighted by Crippen LogP contribution is -2.27. The molecule has 1 amide bonds. The van der Waals surface area contributed by atoms with Gasteiger partial charge in [-0.2, -0.15) is 4.31 Å². The summed E-state index contributed by atoms with van der Waals surface area (Å²) >= 11 is 1.17. The number of carbonyl (C=O) groups is 1. The van der Waals surface area contributed by atoms with Crippen LogP contribution in [0, 0.1) is 0 Å². The van der Waals surface area contributed by atoms with Crippen molar-refractivity contribution < 1.29 is 17.6 Å². The number of hydrogen-bond acceptors (Lipinski definition) is 7. The van der Waals surface area contributed by atoms with Gasteiger partial charge in [-0.25, -0.2) is 8.42 Å². The summed E-state index contributed by atoms with van der Waals surface area (Å²) in [6, 6.07) is 16.0. The minimum absolute atomic E-state index is 0.233. The Hall–Kier alpha value is -2.69. The van der Waals surface area contributed by atoms with Gasteiger partial charge in [0.25, 0.3) is 5.22 Å². The molecule has 0 spiro atoms. The number of hydrogen-bond donors (Lipinski definition) is 1. The number of nitrogens with one attached hydrogen (secondary N) is 1. The summed E-state index contributed by atoms with van der Waals surface area (Å²) in [6.07, 6.45) is 2.30. The normalized spacial score (nSPS) is 15.5. The third-order valence-electron chi connectivity index (χ3n) is 5.12. The Morgan fingerprint density at radius 1 is 1.09 bits per heavy atom. The van der Waals surface area contributed by atoms with Crippen LogP contribution in [0.3, 0.4) is 0 Å². The molecule has 4 rings (SSSR count). The Bertz CT molecular complexity index is 1160. The summed E-state index contributed by atoms with van der Waals surface area (Å²) in [5, 5.41) is 10.7. The molecule has 0 radical (unpaired) electrons. The second-order valence-electron chi connectivity index (χ2n) is 7.51. The van der Waals surface area contributed by atoms with E-state index in [1.54, 1.807) is 19.1 Å². The molecule has 0 bridgehead atoms. The van der Waals surface area contributed by atoms with Crippen LogP contribution < -0.4 is 5.32 Å². The van der Waals surface area contributed by atoms with E-state index in [-0.39, 0.29) is 10.8 Å². The van der Waals surface area contributed by atoms with E-state index >= 15 is 0 Å². The molecule has 32 heavy (non-hydrogen) atoms. The predicted molar refractivity (Wildman–Crippen MR) is 122 cm³/mol. The van der Waals surface area contributed by atoms with Crippen LogP contribution in [0.25, 0.3) is 0 Å². The zero-order chi connectivity index (χ0) is 22.6. The first-order chi connectivity index (χ1) is 15.4. The fourth-order valence-corrected chi connectivity index (χ4v) is 5.58. The first-order valence-electron chi connectivity index (χ1n) is 10.4. The molecule has 0 aliphatic carbocycles. The molecule has 1 N–H and O–H groups in total. The molecule has 168 valence electrons. The zero-order valence-corrected chi connectivity index (χ0v) is 19.2. The number of sulfonamides is 1. The molecular weight excluding hydrogens is 448 g/mol. The summed E-state index contributed by atoms with van der Waals surface area (Å²) in [6.45, 7) is 2.85. The molecule has 1 aromatic heterocycles. The zero-order valence-electron chi connectivity index (χ0n) is 17.6. The van der Waals surface area contributed by atoms with Crippen molar-refractivity contribution in [2.75, 3.05) is 18.4 Å². The number of rotatable bonds is 8. The third kappa shape index (κ3) is 5.37. The second-order valence-corrected chi connectivity index (χ2v) is 10.7. The first kappa shape index (κ1) is 22.5. The van der Waals surface area contributed by atoms with Gasteiger partial charge in [-0.05, 0) is 49.6 Å². The van der Waals surface area contributed by atoms with Crippen molar-refractivity contribution >= 4 is 33.4 Å². The number of carbonyl (C=O) groups excluding carboxylic acids is 1. The minimum atomic E-state index is -3.47. The van der Waals surface area contributed by atoms with Crippen molar-refractivity contribution in [3.8, 4) is 0 Å². The van der Waals surface area contributed by atoms with E-state index in [1.165, 1.54) is 28.2 Å². The highest BCUT2D eigenvalue weighted by Crippen LogP contribution is 2.25. The molecule has 2 heterocycles. The number of aromatic nitrogens is 2. The highest BCUT2D eigenvalue weighted by molar-refractivity contribution is 8.00. The van der Waals surface area contributed by atoms with Gasteiger partial charge in [0, 0.05) is 18.8 Å². The SMILES string of the molecule is C[C@@H](Sc1nnc(Cc2ccccc2)o1)C(=O)Nc1ccc(S(=O)(=O)N2CCCC2)cc1. The Morgan fingerprint density at radius 2 is 1.78 bits per heavy atom. The lowest BCUT2D eigenvalue weighted by molar-refractivity contribution is -0.115. The lowest BCUT2D eigenvalue weighted by Gasteiger charge is -2.16. The van der Waals surface area contributed by atoms with E-state index in [4.69, 9.17) is 4.42 Å². The molecular formula is C22H24N4O4S2. The molecule has 8 nitrogen and oxygen atoms in total. The minimum Gasteiger partial charge on any atom is -0.416 e. The van der Waals surface area contributed by atoms with Crippen LogP contribution >= 0.6 is 11.8 Å². The van der Waals surface area contributed by atoms with Crippen LogP contribution in [0.2, 0.25) is 0 Å². The molecule has 1 aliphatic heterocycles. The Balaban J connectivity index is 1.33. The van der Waals surface area contributed by atoms with Gasteiger partial charge in [0.1, 0.15) is 0 Å². The van der Waals surface area contributed by atoms with Crippen LogP contribution in [0.15, 0.2) is 69.1 Å². The maximum atomic E-state index is 12.6. The van der Waals surface area contributed by atoms with E-state index in [9.17, 15) is 13.2 Å².